The molecule has 1 rings (SSSR count). The van der Waals surface area contributed by atoms with Crippen LogP contribution < -0.4 is 5.32 Å². The van der Waals surface area contributed by atoms with Crippen molar-refractivity contribution in [3.05, 3.63) is 29.6 Å². The maximum atomic E-state index is 4.38. The van der Waals surface area contributed by atoms with Crippen LogP contribution >= 0.6 is 0 Å². The van der Waals surface area contributed by atoms with Gasteiger partial charge in [0, 0.05) is 17.9 Å². The van der Waals surface area contributed by atoms with Gasteiger partial charge in [0.1, 0.15) is 0 Å². The highest BCUT2D eigenvalue weighted by atomic mass is 14.9. The van der Waals surface area contributed by atoms with Gasteiger partial charge in [0.25, 0.3) is 0 Å². The molecule has 1 aromatic heterocycles. The van der Waals surface area contributed by atoms with Gasteiger partial charge in [-0.15, -0.1) is 0 Å². The third-order valence-electron chi connectivity index (χ3n) is 2.82. The maximum Gasteiger partial charge on any atom is 0.0372 e. The van der Waals surface area contributed by atoms with Gasteiger partial charge in [-0.2, -0.15) is 0 Å². The number of aryl methyl sites for hydroxylation is 1. The van der Waals surface area contributed by atoms with Crippen LogP contribution in [0.15, 0.2) is 18.3 Å². The molecule has 1 atom stereocenters. The molecule has 1 aromatic rings. The summed E-state index contributed by atoms with van der Waals surface area (Å²) in [6, 6.07) is 4.78. The van der Waals surface area contributed by atoms with E-state index in [-0.39, 0.29) is 0 Å². The molecule has 16 heavy (non-hydrogen) atoms. The summed E-state index contributed by atoms with van der Waals surface area (Å²) in [5.41, 5.74) is 2.42. The Bertz CT molecular complexity index is 271. The number of aromatic nitrogens is 1. The first-order valence-electron chi connectivity index (χ1n) is 6.43. The number of unbranched alkanes of at least 4 members (excludes halogenated alkanes) is 1. The van der Waals surface area contributed by atoms with Gasteiger partial charge >= 0.3 is 0 Å². The molecule has 0 aromatic carbocycles. The highest BCUT2D eigenvalue weighted by Crippen LogP contribution is 2.18. The van der Waals surface area contributed by atoms with Crippen LogP contribution in [0, 0.1) is 6.92 Å². The fraction of sp³-hybridized carbons (Fsp3) is 0.643. The maximum absolute atomic E-state index is 4.38. The Morgan fingerprint density at radius 1 is 1.25 bits per heavy atom. The second kappa shape index (κ2) is 7.39. The minimum Gasteiger partial charge on any atom is -0.310 e. The highest BCUT2D eigenvalue weighted by Gasteiger charge is 2.09. The summed E-state index contributed by atoms with van der Waals surface area (Å²) in [5.74, 6) is 0. The van der Waals surface area contributed by atoms with Crippen LogP contribution in [0.4, 0.5) is 0 Å². The van der Waals surface area contributed by atoms with E-state index in [2.05, 4.69) is 36.3 Å². The molecule has 0 saturated heterocycles. The average molecular weight is 220 g/mol. The summed E-state index contributed by atoms with van der Waals surface area (Å²) in [4.78, 5) is 4.38. The number of hydrogen-bond donors (Lipinski definition) is 1. The summed E-state index contributed by atoms with van der Waals surface area (Å²) in [5, 5.41) is 3.60. The number of nitrogens with zero attached hydrogens (tertiary/aromatic N) is 1. The van der Waals surface area contributed by atoms with Crippen molar-refractivity contribution >= 4 is 0 Å². The first-order valence-corrected chi connectivity index (χ1v) is 6.43. The van der Waals surface area contributed by atoms with E-state index in [1.54, 1.807) is 0 Å². The van der Waals surface area contributed by atoms with Gasteiger partial charge in [0.15, 0.2) is 0 Å². The van der Waals surface area contributed by atoms with Crippen LogP contribution in [-0.2, 0) is 0 Å². The SMILES string of the molecule is CCCCC(NCCC)c1ccc(C)nc1. The molecule has 0 spiro atoms. The standard InChI is InChI=1S/C14H24N2/c1-4-6-7-14(15-10-5-2)13-9-8-12(3)16-11-13/h8-9,11,14-15H,4-7,10H2,1-3H3. The summed E-state index contributed by atoms with van der Waals surface area (Å²) in [7, 11) is 0. The lowest BCUT2D eigenvalue weighted by molar-refractivity contribution is 0.480. The Hall–Kier alpha value is -0.890. The molecule has 0 aliphatic rings. The highest BCUT2D eigenvalue weighted by molar-refractivity contribution is 5.17. The molecule has 0 fully saturated rings. The molecule has 90 valence electrons. The summed E-state index contributed by atoms with van der Waals surface area (Å²) in [6.45, 7) is 7.56. The van der Waals surface area contributed by atoms with E-state index in [9.17, 15) is 0 Å². The number of nitrogens with one attached hydrogen (secondary N) is 1. The van der Waals surface area contributed by atoms with Crippen LogP contribution in [-0.4, -0.2) is 11.5 Å². The van der Waals surface area contributed by atoms with E-state index >= 15 is 0 Å². The predicted octanol–water partition coefficient (Wildman–Crippen LogP) is 3.62. The first kappa shape index (κ1) is 13.2. The Morgan fingerprint density at radius 3 is 2.62 bits per heavy atom. The molecular formula is C14H24N2. The molecule has 2 heteroatoms. The van der Waals surface area contributed by atoms with Crippen molar-refractivity contribution in [3.8, 4) is 0 Å². The van der Waals surface area contributed by atoms with E-state index < -0.39 is 0 Å². The topological polar surface area (TPSA) is 24.9 Å². The average Bonchev–Trinajstić information content (AvgIpc) is 2.31. The minimum absolute atomic E-state index is 0.480. The van der Waals surface area contributed by atoms with Gasteiger partial charge in [0.05, 0.1) is 0 Å². The molecule has 0 aliphatic carbocycles. The molecule has 1 N–H and O–H groups in total. The van der Waals surface area contributed by atoms with Crippen molar-refractivity contribution in [2.45, 2.75) is 52.5 Å². The van der Waals surface area contributed by atoms with Gasteiger partial charge in [-0.05, 0) is 37.9 Å². The molecule has 2 nitrogen and oxygen atoms in total. The fourth-order valence-corrected chi connectivity index (χ4v) is 1.80. The second-order valence-corrected chi connectivity index (χ2v) is 4.38. The lowest BCUT2D eigenvalue weighted by Gasteiger charge is -2.18. The Balaban J connectivity index is 2.62. The van der Waals surface area contributed by atoms with Crippen molar-refractivity contribution in [3.63, 3.8) is 0 Å². The normalized spacial score (nSPS) is 12.7. The predicted molar refractivity (Wildman–Crippen MR) is 69.5 cm³/mol. The van der Waals surface area contributed by atoms with Gasteiger partial charge in [-0.3, -0.25) is 4.98 Å². The monoisotopic (exact) mass is 220 g/mol. The molecule has 0 amide bonds. The fourth-order valence-electron chi connectivity index (χ4n) is 1.80. The number of hydrogen-bond acceptors (Lipinski definition) is 2. The van der Waals surface area contributed by atoms with E-state index in [0.29, 0.717) is 6.04 Å². The number of pyridine rings is 1. The largest absolute Gasteiger partial charge is 0.310 e. The Morgan fingerprint density at radius 2 is 2.06 bits per heavy atom. The van der Waals surface area contributed by atoms with Crippen molar-refractivity contribution < 1.29 is 0 Å². The van der Waals surface area contributed by atoms with Crippen LogP contribution in [0.2, 0.25) is 0 Å². The molecular weight excluding hydrogens is 196 g/mol. The lowest BCUT2D eigenvalue weighted by atomic mass is 10.0. The summed E-state index contributed by atoms with van der Waals surface area (Å²) in [6.07, 6.45) is 6.93. The molecule has 1 heterocycles. The molecule has 0 aliphatic heterocycles. The summed E-state index contributed by atoms with van der Waals surface area (Å²) < 4.78 is 0. The van der Waals surface area contributed by atoms with Gasteiger partial charge in [-0.25, -0.2) is 0 Å². The van der Waals surface area contributed by atoms with Crippen molar-refractivity contribution in [2.75, 3.05) is 6.54 Å². The summed E-state index contributed by atoms with van der Waals surface area (Å²) >= 11 is 0. The van der Waals surface area contributed by atoms with Crippen molar-refractivity contribution in [2.24, 2.45) is 0 Å². The minimum atomic E-state index is 0.480. The van der Waals surface area contributed by atoms with Crippen LogP contribution in [0.5, 0.6) is 0 Å². The zero-order valence-electron chi connectivity index (χ0n) is 10.8. The van der Waals surface area contributed by atoms with Crippen LogP contribution in [0.1, 0.15) is 56.8 Å². The van der Waals surface area contributed by atoms with E-state index in [4.69, 9.17) is 0 Å². The molecule has 0 saturated carbocycles. The molecule has 1 unspecified atom stereocenters. The first-order chi connectivity index (χ1) is 7.77. The van der Waals surface area contributed by atoms with Gasteiger partial charge in [0.2, 0.25) is 0 Å². The van der Waals surface area contributed by atoms with Gasteiger partial charge < -0.3 is 5.32 Å². The zero-order valence-corrected chi connectivity index (χ0v) is 10.8. The molecule has 0 bridgehead atoms. The van der Waals surface area contributed by atoms with Crippen molar-refractivity contribution in [1.29, 1.82) is 0 Å². The number of rotatable bonds is 7. The smallest absolute Gasteiger partial charge is 0.0372 e. The zero-order chi connectivity index (χ0) is 11.8. The lowest BCUT2D eigenvalue weighted by Crippen LogP contribution is -2.22. The molecule has 0 radical (unpaired) electrons. The Labute approximate surface area is 99.5 Å². The van der Waals surface area contributed by atoms with Crippen LogP contribution in [0.25, 0.3) is 0 Å². The van der Waals surface area contributed by atoms with E-state index in [1.807, 2.05) is 13.1 Å². The third kappa shape index (κ3) is 4.31. The van der Waals surface area contributed by atoms with E-state index in [0.717, 1.165) is 12.2 Å². The van der Waals surface area contributed by atoms with Crippen LogP contribution in [0.3, 0.4) is 0 Å². The van der Waals surface area contributed by atoms with Gasteiger partial charge in [-0.1, -0.05) is 32.8 Å². The second-order valence-electron chi connectivity index (χ2n) is 4.38. The quantitative estimate of drug-likeness (QED) is 0.759. The van der Waals surface area contributed by atoms with Crippen molar-refractivity contribution in [1.82, 2.24) is 10.3 Å². The Kier molecular flexibility index (Phi) is 6.09. The van der Waals surface area contributed by atoms with E-state index in [1.165, 1.54) is 31.2 Å². The third-order valence-corrected chi connectivity index (χ3v) is 2.82.